The van der Waals surface area contributed by atoms with E-state index >= 15 is 0 Å². The largest absolute Gasteiger partial charge is 0.374 e. The lowest BCUT2D eigenvalue weighted by Gasteiger charge is -2.08. The summed E-state index contributed by atoms with van der Waals surface area (Å²) in [6.07, 6.45) is 4.49. The molecule has 0 radical (unpaired) electrons. The van der Waals surface area contributed by atoms with Gasteiger partial charge in [-0.3, -0.25) is 4.98 Å². The minimum absolute atomic E-state index is 0.369. The fraction of sp³-hybridized carbons (Fsp3) is 0.357. The van der Waals surface area contributed by atoms with Crippen LogP contribution >= 0.6 is 11.6 Å². The first-order valence-electron chi connectivity index (χ1n) is 6.52. The molecular formula is C14H17ClN4O. The molecule has 0 saturated heterocycles. The SMILES string of the molecule is CCOCc1nc(Cl)cc(NCCc2cccnc2)n1. The summed E-state index contributed by atoms with van der Waals surface area (Å²) in [5.41, 5.74) is 1.18. The predicted octanol–water partition coefficient (Wildman–Crippen LogP) is 2.72. The number of anilines is 1. The first kappa shape index (κ1) is 14.7. The molecule has 0 aliphatic heterocycles. The summed E-state index contributed by atoms with van der Waals surface area (Å²) in [7, 11) is 0. The van der Waals surface area contributed by atoms with Gasteiger partial charge in [0.25, 0.3) is 0 Å². The maximum absolute atomic E-state index is 5.97. The van der Waals surface area contributed by atoms with Crippen LogP contribution in [0.5, 0.6) is 0 Å². The van der Waals surface area contributed by atoms with Crippen LogP contribution in [-0.2, 0) is 17.8 Å². The third-order valence-electron chi connectivity index (χ3n) is 2.62. The molecule has 2 rings (SSSR count). The van der Waals surface area contributed by atoms with Crippen LogP contribution in [0.25, 0.3) is 0 Å². The normalized spacial score (nSPS) is 10.5. The molecule has 2 heterocycles. The fourth-order valence-corrected chi connectivity index (χ4v) is 1.89. The van der Waals surface area contributed by atoms with Crippen LogP contribution in [0.4, 0.5) is 5.82 Å². The molecule has 0 bridgehead atoms. The van der Waals surface area contributed by atoms with E-state index < -0.39 is 0 Å². The predicted molar refractivity (Wildman–Crippen MR) is 78.8 cm³/mol. The van der Waals surface area contributed by atoms with Crippen molar-refractivity contribution in [2.24, 2.45) is 0 Å². The minimum atomic E-state index is 0.369. The Balaban J connectivity index is 1.90. The van der Waals surface area contributed by atoms with Crippen LogP contribution < -0.4 is 5.32 Å². The summed E-state index contributed by atoms with van der Waals surface area (Å²) in [5, 5.41) is 3.65. The highest BCUT2D eigenvalue weighted by molar-refractivity contribution is 6.29. The third-order valence-corrected chi connectivity index (χ3v) is 2.81. The van der Waals surface area contributed by atoms with Crippen molar-refractivity contribution in [2.45, 2.75) is 20.0 Å². The molecule has 6 heteroatoms. The second-order valence-corrected chi connectivity index (χ2v) is 4.55. The van der Waals surface area contributed by atoms with E-state index in [1.807, 2.05) is 25.3 Å². The van der Waals surface area contributed by atoms with E-state index in [0.29, 0.717) is 30.0 Å². The van der Waals surface area contributed by atoms with Crippen molar-refractivity contribution in [3.05, 3.63) is 47.1 Å². The molecule has 2 aromatic heterocycles. The Morgan fingerprint density at radius 2 is 2.25 bits per heavy atom. The lowest BCUT2D eigenvalue weighted by molar-refractivity contribution is 0.128. The van der Waals surface area contributed by atoms with Crippen molar-refractivity contribution in [3.8, 4) is 0 Å². The summed E-state index contributed by atoms with van der Waals surface area (Å²) in [6.45, 7) is 3.68. The standard InChI is InChI=1S/C14H17ClN4O/c1-2-20-10-14-18-12(15)8-13(19-14)17-7-5-11-4-3-6-16-9-11/h3-4,6,8-9H,2,5,7,10H2,1H3,(H,17,18,19). The molecule has 2 aromatic rings. The molecule has 0 atom stereocenters. The van der Waals surface area contributed by atoms with Gasteiger partial charge in [0.2, 0.25) is 0 Å². The highest BCUT2D eigenvalue weighted by atomic mass is 35.5. The number of ether oxygens (including phenoxy) is 1. The van der Waals surface area contributed by atoms with Crippen LogP contribution in [0.3, 0.4) is 0 Å². The zero-order chi connectivity index (χ0) is 14.2. The number of hydrogen-bond donors (Lipinski definition) is 1. The van der Waals surface area contributed by atoms with Gasteiger partial charge in [-0.2, -0.15) is 0 Å². The van der Waals surface area contributed by atoms with Gasteiger partial charge in [-0.05, 0) is 25.0 Å². The van der Waals surface area contributed by atoms with Gasteiger partial charge in [0.1, 0.15) is 17.6 Å². The van der Waals surface area contributed by atoms with Gasteiger partial charge in [0.15, 0.2) is 5.82 Å². The van der Waals surface area contributed by atoms with Crippen LogP contribution in [0.1, 0.15) is 18.3 Å². The molecule has 1 N–H and O–H groups in total. The molecule has 0 saturated carbocycles. The molecule has 0 amide bonds. The summed E-state index contributed by atoms with van der Waals surface area (Å²) in [4.78, 5) is 12.6. The molecule has 0 aliphatic rings. The highest BCUT2D eigenvalue weighted by Crippen LogP contribution is 2.12. The summed E-state index contributed by atoms with van der Waals surface area (Å²) >= 11 is 5.97. The first-order chi connectivity index (χ1) is 9.78. The number of hydrogen-bond acceptors (Lipinski definition) is 5. The Bertz CT molecular complexity index is 536. The van der Waals surface area contributed by atoms with Crippen molar-refractivity contribution in [3.63, 3.8) is 0 Å². The van der Waals surface area contributed by atoms with Crippen LogP contribution in [0, 0.1) is 0 Å². The van der Waals surface area contributed by atoms with Gasteiger partial charge in [0, 0.05) is 31.6 Å². The van der Waals surface area contributed by atoms with Gasteiger partial charge in [-0.15, -0.1) is 0 Å². The molecule has 0 fully saturated rings. The lowest BCUT2D eigenvalue weighted by Crippen LogP contribution is -2.09. The average Bonchev–Trinajstić information content (AvgIpc) is 2.46. The van der Waals surface area contributed by atoms with E-state index in [1.54, 1.807) is 12.3 Å². The fourth-order valence-electron chi connectivity index (χ4n) is 1.69. The topological polar surface area (TPSA) is 59.9 Å². The number of nitrogens with one attached hydrogen (secondary N) is 1. The minimum Gasteiger partial charge on any atom is -0.374 e. The number of rotatable bonds is 7. The molecule has 106 valence electrons. The zero-order valence-electron chi connectivity index (χ0n) is 11.3. The summed E-state index contributed by atoms with van der Waals surface area (Å²) in [5.74, 6) is 1.30. The van der Waals surface area contributed by atoms with Crippen molar-refractivity contribution < 1.29 is 4.74 Å². The number of nitrogens with zero attached hydrogens (tertiary/aromatic N) is 3. The maximum Gasteiger partial charge on any atom is 0.158 e. The van der Waals surface area contributed by atoms with Crippen molar-refractivity contribution >= 4 is 17.4 Å². The third kappa shape index (κ3) is 4.75. The van der Waals surface area contributed by atoms with Gasteiger partial charge < -0.3 is 10.1 Å². The Morgan fingerprint density at radius 3 is 3.00 bits per heavy atom. The summed E-state index contributed by atoms with van der Waals surface area (Å²) in [6, 6.07) is 5.68. The van der Waals surface area contributed by atoms with E-state index in [9.17, 15) is 0 Å². The first-order valence-corrected chi connectivity index (χ1v) is 6.89. The Hall–Kier alpha value is -1.72. The van der Waals surface area contributed by atoms with Gasteiger partial charge >= 0.3 is 0 Å². The van der Waals surface area contributed by atoms with Crippen molar-refractivity contribution in [1.29, 1.82) is 0 Å². The van der Waals surface area contributed by atoms with Crippen LogP contribution in [-0.4, -0.2) is 28.1 Å². The quantitative estimate of drug-likeness (QED) is 0.795. The van der Waals surface area contributed by atoms with E-state index in [2.05, 4.69) is 20.3 Å². The van der Waals surface area contributed by atoms with Crippen LogP contribution in [0.15, 0.2) is 30.6 Å². The summed E-state index contributed by atoms with van der Waals surface area (Å²) < 4.78 is 5.28. The molecule has 0 spiro atoms. The van der Waals surface area contributed by atoms with Gasteiger partial charge in [-0.25, -0.2) is 9.97 Å². The Labute approximate surface area is 123 Å². The monoisotopic (exact) mass is 292 g/mol. The molecule has 0 unspecified atom stereocenters. The van der Waals surface area contributed by atoms with Gasteiger partial charge in [-0.1, -0.05) is 17.7 Å². The van der Waals surface area contributed by atoms with E-state index in [1.165, 1.54) is 5.56 Å². The maximum atomic E-state index is 5.97. The molecule has 20 heavy (non-hydrogen) atoms. The van der Waals surface area contributed by atoms with E-state index in [4.69, 9.17) is 16.3 Å². The Morgan fingerprint density at radius 1 is 1.35 bits per heavy atom. The van der Waals surface area contributed by atoms with E-state index in [-0.39, 0.29) is 0 Å². The van der Waals surface area contributed by atoms with Gasteiger partial charge in [0.05, 0.1) is 0 Å². The molecule has 0 aromatic carbocycles. The van der Waals surface area contributed by atoms with Crippen molar-refractivity contribution in [2.75, 3.05) is 18.5 Å². The van der Waals surface area contributed by atoms with Crippen molar-refractivity contribution in [1.82, 2.24) is 15.0 Å². The zero-order valence-corrected chi connectivity index (χ0v) is 12.1. The number of aromatic nitrogens is 3. The average molecular weight is 293 g/mol. The smallest absolute Gasteiger partial charge is 0.158 e. The highest BCUT2D eigenvalue weighted by Gasteiger charge is 2.03. The lowest BCUT2D eigenvalue weighted by atomic mass is 10.2. The Kier molecular flexibility index (Phi) is 5.70. The number of halogens is 1. The second-order valence-electron chi connectivity index (χ2n) is 4.17. The van der Waals surface area contributed by atoms with Crippen LogP contribution in [0.2, 0.25) is 5.15 Å². The second kappa shape index (κ2) is 7.77. The molecular weight excluding hydrogens is 276 g/mol. The van der Waals surface area contributed by atoms with E-state index in [0.717, 1.165) is 13.0 Å². The molecule has 5 nitrogen and oxygen atoms in total. The molecule has 0 aliphatic carbocycles. The number of pyridine rings is 1.